The van der Waals surface area contributed by atoms with Crippen molar-refractivity contribution in [3.63, 3.8) is 0 Å². The number of alkyl halides is 1. The molecule has 1 aliphatic rings. The van der Waals surface area contributed by atoms with Gasteiger partial charge in [-0.2, -0.15) is 0 Å². The third-order valence-corrected chi connectivity index (χ3v) is 4.23. The number of carbonyl (C=O) groups excluding carboxylic acids is 1. The lowest BCUT2D eigenvalue weighted by atomic mass is 10.2. The summed E-state index contributed by atoms with van der Waals surface area (Å²) in [7, 11) is 0. The predicted molar refractivity (Wildman–Crippen MR) is 90.2 cm³/mol. The Morgan fingerprint density at radius 1 is 1.31 bits per heavy atom. The summed E-state index contributed by atoms with van der Waals surface area (Å²) in [5.41, 5.74) is 1.15. The number of amides is 1. The second-order valence-corrected chi connectivity index (χ2v) is 5.95. The van der Waals surface area contributed by atoms with Gasteiger partial charge in [-0.1, -0.05) is 18.2 Å². The number of hydrogen-bond donors (Lipinski definition) is 2. The fourth-order valence-electron chi connectivity index (χ4n) is 2.96. The summed E-state index contributed by atoms with van der Waals surface area (Å²) in [5, 5.41) is 11.9. The highest BCUT2D eigenvalue weighted by molar-refractivity contribution is 6.06. The molecule has 8 nitrogen and oxygen atoms in total. The first kappa shape index (κ1) is 16.6. The number of nitrogens with one attached hydrogen (secondary N) is 1. The largest absolute Gasteiger partial charge is 0.394 e. The molecular weight excluding hydrogens is 341 g/mol. The van der Waals surface area contributed by atoms with Crippen molar-refractivity contribution in [3.8, 4) is 0 Å². The van der Waals surface area contributed by atoms with Crippen LogP contribution in [0, 0.1) is 0 Å². The number of fused-ring (bicyclic) bond motifs is 1. The molecule has 0 spiro atoms. The van der Waals surface area contributed by atoms with Gasteiger partial charge in [-0.15, -0.1) is 0 Å². The minimum Gasteiger partial charge on any atom is -0.394 e. The second kappa shape index (κ2) is 6.77. The second-order valence-electron chi connectivity index (χ2n) is 5.95. The molecular formula is C17H16FN5O3. The average molecular weight is 357 g/mol. The van der Waals surface area contributed by atoms with E-state index in [4.69, 9.17) is 4.74 Å². The van der Waals surface area contributed by atoms with Gasteiger partial charge < -0.3 is 15.2 Å². The van der Waals surface area contributed by atoms with Crippen LogP contribution < -0.4 is 5.32 Å². The quantitative estimate of drug-likeness (QED) is 0.737. The minimum atomic E-state index is -1.29. The molecule has 0 unspecified atom stereocenters. The van der Waals surface area contributed by atoms with Crippen LogP contribution in [-0.2, 0) is 4.74 Å². The molecule has 1 aromatic carbocycles. The molecule has 9 heteroatoms. The van der Waals surface area contributed by atoms with Gasteiger partial charge in [0.25, 0.3) is 5.91 Å². The zero-order chi connectivity index (χ0) is 18.1. The van der Waals surface area contributed by atoms with Gasteiger partial charge in [-0.25, -0.2) is 19.3 Å². The van der Waals surface area contributed by atoms with Crippen molar-refractivity contribution in [3.05, 3.63) is 48.5 Å². The molecule has 1 aliphatic heterocycles. The summed E-state index contributed by atoms with van der Waals surface area (Å²) in [6.07, 6.45) is -0.0108. The van der Waals surface area contributed by atoms with Crippen LogP contribution in [0.4, 0.5) is 10.2 Å². The van der Waals surface area contributed by atoms with E-state index < -0.39 is 18.5 Å². The Labute approximate surface area is 147 Å². The molecule has 0 aliphatic carbocycles. The number of hydrogen-bond acceptors (Lipinski definition) is 6. The van der Waals surface area contributed by atoms with Crippen LogP contribution in [0.5, 0.6) is 0 Å². The fraction of sp³-hybridized carbons (Fsp3) is 0.294. The number of anilines is 1. The zero-order valence-corrected chi connectivity index (χ0v) is 13.6. The Bertz CT molecular complexity index is 933. The normalized spacial score (nSPS) is 22.6. The van der Waals surface area contributed by atoms with Gasteiger partial charge in [0, 0.05) is 12.0 Å². The molecule has 3 heterocycles. The van der Waals surface area contributed by atoms with E-state index in [1.54, 1.807) is 24.3 Å². The maximum Gasteiger partial charge on any atom is 0.256 e. The van der Waals surface area contributed by atoms with E-state index >= 15 is 0 Å². The van der Waals surface area contributed by atoms with E-state index in [1.807, 2.05) is 6.07 Å². The topological polar surface area (TPSA) is 102 Å². The van der Waals surface area contributed by atoms with E-state index in [9.17, 15) is 14.3 Å². The van der Waals surface area contributed by atoms with Crippen molar-refractivity contribution < 1.29 is 19.0 Å². The molecule has 2 aromatic heterocycles. The Hall–Kier alpha value is -2.91. The number of aliphatic hydroxyl groups is 1. The summed E-state index contributed by atoms with van der Waals surface area (Å²) in [5.74, 6) is -0.101. The molecule has 3 aromatic rings. The van der Waals surface area contributed by atoms with Crippen LogP contribution >= 0.6 is 0 Å². The first-order valence-corrected chi connectivity index (χ1v) is 8.11. The smallest absolute Gasteiger partial charge is 0.256 e. The van der Waals surface area contributed by atoms with Gasteiger partial charge in [0.05, 0.1) is 19.0 Å². The maximum atomic E-state index is 14.3. The lowest BCUT2D eigenvalue weighted by Crippen LogP contribution is -2.17. The molecule has 3 atom stereocenters. The molecule has 0 radical (unpaired) electrons. The number of nitrogens with zero attached hydrogens (tertiary/aromatic N) is 4. The third kappa shape index (κ3) is 2.91. The maximum absolute atomic E-state index is 14.3. The highest BCUT2D eigenvalue weighted by Gasteiger charge is 2.37. The van der Waals surface area contributed by atoms with E-state index in [2.05, 4.69) is 20.3 Å². The van der Waals surface area contributed by atoms with Crippen LogP contribution in [0.25, 0.3) is 11.2 Å². The van der Waals surface area contributed by atoms with Crippen molar-refractivity contribution in [2.45, 2.75) is 24.9 Å². The minimum absolute atomic E-state index is 0.101. The lowest BCUT2D eigenvalue weighted by molar-refractivity contribution is -0.0351. The molecule has 26 heavy (non-hydrogen) atoms. The number of carbonyl (C=O) groups is 1. The Kier molecular flexibility index (Phi) is 4.31. The molecule has 0 saturated carbocycles. The van der Waals surface area contributed by atoms with Gasteiger partial charge in [-0.3, -0.25) is 9.36 Å². The Balaban J connectivity index is 1.64. The average Bonchev–Trinajstić information content (AvgIpc) is 3.26. The monoisotopic (exact) mass is 357 g/mol. The molecule has 134 valence electrons. The number of aromatic nitrogens is 4. The van der Waals surface area contributed by atoms with Crippen molar-refractivity contribution in [1.82, 2.24) is 19.5 Å². The molecule has 1 amide bonds. The van der Waals surface area contributed by atoms with Crippen LogP contribution in [0.15, 0.2) is 43.0 Å². The van der Waals surface area contributed by atoms with Crippen molar-refractivity contribution in [1.29, 1.82) is 0 Å². The van der Waals surface area contributed by atoms with Gasteiger partial charge >= 0.3 is 0 Å². The summed E-state index contributed by atoms with van der Waals surface area (Å²) in [4.78, 5) is 24.8. The molecule has 1 saturated heterocycles. The van der Waals surface area contributed by atoms with E-state index in [0.29, 0.717) is 16.7 Å². The van der Waals surface area contributed by atoms with Crippen molar-refractivity contribution >= 4 is 22.9 Å². The molecule has 1 fully saturated rings. The Morgan fingerprint density at radius 3 is 2.85 bits per heavy atom. The molecule has 0 bridgehead atoms. The SMILES string of the molecule is O=C(Nc1ncnc2c1ncn2[C@@H]1O[C@@H](CO)C[C@H]1F)c1ccccc1. The summed E-state index contributed by atoms with van der Waals surface area (Å²) in [6, 6.07) is 8.70. The van der Waals surface area contributed by atoms with E-state index in [-0.39, 0.29) is 24.8 Å². The standard InChI is InChI=1S/C17H16FN5O3/c18-12-6-11(7-24)26-17(12)23-9-21-13-14(19-8-20-15(13)23)22-16(25)10-4-2-1-3-5-10/h1-5,8-9,11-12,17,24H,6-7H2,(H,19,20,22,25)/t11-,12-,17-/m1/s1. The van der Waals surface area contributed by atoms with Crippen LogP contribution in [0.1, 0.15) is 23.0 Å². The summed E-state index contributed by atoms with van der Waals surface area (Å²) < 4.78 is 21.2. The number of benzene rings is 1. The van der Waals surface area contributed by atoms with Gasteiger partial charge in [-0.05, 0) is 12.1 Å². The molecule has 2 N–H and O–H groups in total. The molecule has 4 rings (SSSR count). The Morgan fingerprint density at radius 2 is 2.12 bits per heavy atom. The van der Waals surface area contributed by atoms with Crippen LogP contribution in [-0.4, -0.2) is 49.4 Å². The van der Waals surface area contributed by atoms with Crippen molar-refractivity contribution in [2.24, 2.45) is 0 Å². The number of ether oxygens (including phenoxy) is 1. The highest BCUT2D eigenvalue weighted by atomic mass is 19.1. The number of halogens is 1. The first-order valence-electron chi connectivity index (χ1n) is 8.11. The van der Waals surface area contributed by atoms with Crippen LogP contribution in [0.3, 0.4) is 0 Å². The lowest BCUT2D eigenvalue weighted by Gasteiger charge is -2.15. The van der Waals surface area contributed by atoms with E-state index in [0.717, 1.165) is 0 Å². The van der Waals surface area contributed by atoms with E-state index in [1.165, 1.54) is 17.2 Å². The van der Waals surface area contributed by atoms with Crippen molar-refractivity contribution in [2.75, 3.05) is 11.9 Å². The zero-order valence-electron chi connectivity index (χ0n) is 13.6. The number of rotatable bonds is 4. The number of aliphatic hydroxyl groups excluding tert-OH is 1. The van der Waals surface area contributed by atoms with Gasteiger partial charge in [0.1, 0.15) is 12.5 Å². The first-order chi connectivity index (χ1) is 12.7. The van der Waals surface area contributed by atoms with Crippen LogP contribution in [0.2, 0.25) is 0 Å². The number of imidazole rings is 1. The van der Waals surface area contributed by atoms with Gasteiger partial charge in [0.2, 0.25) is 0 Å². The van der Waals surface area contributed by atoms with Gasteiger partial charge in [0.15, 0.2) is 23.2 Å². The summed E-state index contributed by atoms with van der Waals surface area (Å²) in [6.45, 7) is -0.253. The fourth-order valence-corrected chi connectivity index (χ4v) is 2.96. The summed E-state index contributed by atoms with van der Waals surface area (Å²) >= 11 is 0. The third-order valence-electron chi connectivity index (χ3n) is 4.23. The highest BCUT2D eigenvalue weighted by Crippen LogP contribution is 2.33. The predicted octanol–water partition coefficient (Wildman–Crippen LogP) is 1.70.